The molecule has 0 aliphatic rings. The van der Waals surface area contributed by atoms with E-state index < -0.39 is 12.6 Å². The van der Waals surface area contributed by atoms with Crippen molar-refractivity contribution in [1.29, 1.82) is 0 Å². The van der Waals surface area contributed by atoms with Crippen LogP contribution in [0.3, 0.4) is 0 Å². The van der Waals surface area contributed by atoms with E-state index in [1.165, 1.54) is 5.57 Å². The maximum absolute atomic E-state index is 13.6. The summed E-state index contributed by atoms with van der Waals surface area (Å²) in [6.45, 7) is 12.6. The van der Waals surface area contributed by atoms with Crippen molar-refractivity contribution in [1.82, 2.24) is 0 Å². The second-order valence-corrected chi connectivity index (χ2v) is 16.4. The Morgan fingerprint density at radius 2 is 1.27 bits per heavy atom. The molecule has 6 aromatic carbocycles. The molecule has 0 radical (unpaired) electrons. The summed E-state index contributed by atoms with van der Waals surface area (Å²) < 4.78 is 0. The van der Waals surface area contributed by atoms with Crippen molar-refractivity contribution in [3.63, 3.8) is 0 Å². The van der Waals surface area contributed by atoms with Crippen LogP contribution in [-0.2, 0) is 5.16 Å². The lowest BCUT2D eigenvalue weighted by molar-refractivity contribution is 0.633. The molecule has 0 heterocycles. The summed E-state index contributed by atoms with van der Waals surface area (Å²) in [6.07, 6.45) is 11.1. The molecule has 0 fully saturated rings. The standard InChI is InChI=1S/C48H45OP2/c1-5-7-8-12-23-36(3)48(50,40-26-13-9-14-27-40)37(4)46(43-32-21-19-24-38(43)6-2)47-44-33-22-20-25-39(44)34-35-45(47)51(49,41-28-15-10-16-29-41)42-30-17-11-18-31-42/h5-6,8-35,49H,1-2,7,50H2,3-4H3/q+1/b12-8-,36-23+,46-37-. The molecule has 6 aromatic rings. The highest BCUT2D eigenvalue weighted by Gasteiger charge is 2.47. The van der Waals surface area contributed by atoms with Crippen molar-refractivity contribution >= 4 is 55.1 Å². The van der Waals surface area contributed by atoms with Crippen LogP contribution < -0.4 is 15.9 Å². The third-order valence-electron chi connectivity index (χ3n) is 9.82. The largest absolute Gasteiger partial charge is 0.239 e. The molecule has 2 unspecified atom stereocenters. The lowest BCUT2D eigenvalue weighted by Crippen LogP contribution is -2.33. The van der Waals surface area contributed by atoms with Crippen molar-refractivity contribution in [3.05, 3.63) is 223 Å². The van der Waals surface area contributed by atoms with E-state index in [0.29, 0.717) is 0 Å². The van der Waals surface area contributed by atoms with Crippen LogP contribution in [0, 0.1) is 0 Å². The van der Waals surface area contributed by atoms with Crippen molar-refractivity contribution in [2.75, 3.05) is 0 Å². The molecular formula is C48H45OP2+. The van der Waals surface area contributed by atoms with Crippen LogP contribution in [0.1, 0.15) is 42.5 Å². The van der Waals surface area contributed by atoms with Gasteiger partial charge in [-0.2, -0.15) is 0 Å². The van der Waals surface area contributed by atoms with Crippen LogP contribution in [0.4, 0.5) is 0 Å². The molecule has 6 rings (SSSR count). The fraction of sp³-hybridized carbons (Fsp3) is 0.0833. The number of fused-ring (bicyclic) bond motifs is 1. The van der Waals surface area contributed by atoms with E-state index in [2.05, 4.69) is 170 Å². The molecule has 1 nitrogen and oxygen atoms in total. The van der Waals surface area contributed by atoms with Crippen molar-refractivity contribution in [2.45, 2.75) is 25.4 Å². The molecule has 0 aromatic heterocycles. The first-order valence-electron chi connectivity index (χ1n) is 17.3. The van der Waals surface area contributed by atoms with E-state index in [9.17, 15) is 4.89 Å². The second-order valence-electron chi connectivity index (χ2n) is 12.8. The van der Waals surface area contributed by atoms with Crippen LogP contribution in [0.5, 0.6) is 0 Å². The molecule has 0 aliphatic carbocycles. The zero-order valence-electron chi connectivity index (χ0n) is 29.4. The molecule has 2 atom stereocenters. The van der Waals surface area contributed by atoms with Gasteiger partial charge in [-0.3, -0.25) is 0 Å². The Kier molecular flexibility index (Phi) is 11.2. The Balaban J connectivity index is 1.84. The Morgan fingerprint density at radius 3 is 1.90 bits per heavy atom. The number of hydrogen-bond acceptors (Lipinski definition) is 1. The minimum atomic E-state index is -3.18. The van der Waals surface area contributed by atoms with Gasteiger partial charge in [0, 0.05) is 5.56 Å². The number of rotatable bonds is 12. The van der Waals surface area contributed by atoms with Crippen LogP contribution >= 0.6 is 16.7 Å². The normalized spacial score (nSPS) is 13.8. The van der Waals surface area contributed by atoms with Gasteiger partial charge in [0.05, 0.1) is 5.16 Å². The fourth-order valence-electron chi connectivity index (χ4n) is 7.09. The molecular weight excluding hydrogens is 654 g/mol. The average Bonchev–Trinajstić information content (AvgIpc) is 3.20. The highest BCUT2D eigenvalue weighted by atomic mass is 31.2. The summed E-state index contributed by atoms with van der Waals surface area (Å²) in [5, 5.41) is 4.32. The van der Waals surface area contributed by atoms with Crippen LogP contribution in [0.2, 0.25) is 0 Å². The average molecular weight is 700 g/mol. The van der Waals surface area contributed by atoms with Gasteiger partial charge in [0.1, 0.15) is 15.9 Å². The highest BCUT2D eigenvalue weighted by Crippen LogP contribution is 2.56. The zero-order valence-corrected chi connectivity index (χ0v) is 31.5. The third kappa shape index (κ3) is 6.91. The number of hydrogen-bond donors (Lipinski definition) is 1. The summed E-state index contributed by atoms with van der Waals surface area (Å²) >= 11 is 0. The van der Waals surface area contributed by atoms with Gasteiger partial charge in [0.15, 0.2) is 0 Å². The summed E-state index contributed by atoms with van der Waals surface area (Å²) in [6, 6.07) is 52.5. The van der Waals surface area contributed by atoms with Gasteiger partial charge < -0.3 is 0 Å². The van der Waals surface area contributed by atoms with E-state index in [-0.39, 0.29) is 0 Å². The smallest absolute Gasteiger partial charge is 0.235 e. The van der Waals surface area contributed by atoms with Gasteiger partial charge in [0.25, 0.3) is 0 Å². The number of allylic oxidation sites excluding steroid dienone is 6. The molecule has 252 valence electrons. The van der Waals surface area contributed by atoms with Crippen molar-refractivity contribution in [2.24, 2.45) is 0 Å². The lowest BCUT2D eigenvalue weighted by Gasteiger charge is -2.36. The van der Waals surface area contributed by atoms with Gasteiger partial charge in [-0.15, -0.1) is 15.8 Å². The van der Waals surface area contributed by atoms with E-state index in [0.717, 1.165) is 66.5 Å². The Morgan fingerprint density at radius 1 is 0.706 bits per heavy atom. The van der Waals surface area contributed by atoms with Crippen molar-refractivity contribution in [3.8, 4) is 0 Å². The van der Waals surface area contributed by atoms with E-state index in [4.69, 9.17) is 0 Å². The molecule has 0 amide bonds. The number of benzene rings is 6. The van der Waals surface area contributed by atoms with Crippen LogP contribution in [0.15, 0.2) is 200 Å². The molecule has 0 saturated carbocycles. The predicted molar refractivity (Wildman–Crippen MR) is 229 cm³/mol. The van der Waals surface area contributed by atoms with Gasteiger partial charge in [-0.1, -0.05) is 164 Å². The maximum atomic E-state index is 13.6. The Labute approximate surface area is 306 Å². The molecule has 0 spiro atoms. The van der Waals surface area contributed by atoms with Gasteiger partial charge >= 0.3 is 0 Å². The summed E-state index contributed by atoms with van der Waals surface area (Å²) in [7, 11) is 0.0738. The summed E-state index contributed by atoms with van der Waals surface area (Å²) in [5.41, 5.74) is 7.66. The monoisotopic (exact) mass is 699 g/mol. The lowest BCUT2D eigenvalue weighted by atomic mass is 9.77. The van der Waals surface area contributed by atoms with Gasteiger partial charge in [-0.05, 0) is 89.2 Å². The summed E-state index contributed by atoms with van der Waals surface area (Å²) in [4.78, 5) is 13.6. The molecule has 0 aliphatic heterocycles. The molecule has 51 heavy (non-hydrogen) atoms. The highest BCUT2D eigenvalue weighted by molar-refractivity contribution is 7.91. The van der Waals surface area contributed by atoms with E-state index in [1.54, 1.807) is 0 Å². The van der Waals surface area contributed by atoms with Crippen LogP contribution in [-0.4, -0.2) is 4.89 Å². The molecule has 3 heteroatoms. The predicted octanol–water partition coefficient (Wildman–Crippen LogP) is 11.4. The van der Waals surface area contributed by atoms with Crippen molar-refractivity contribution < 1.29 is 4.89 Å². The fourth-order valence-corrected chi connectivity index (χ4v) is 10.4. The second kappa shape index (κ2) is 16.0. The minimum Gasteiger partial charge on any atom is -0.235 e. The maximum Gasteiger partial charge on any atom is 0.239 e. The first-order valence-corrected chi connectivity index (χ1v) is 19.7. The zero-order chi connectivity index (χ0) is 35.8. The quantitative estimate of drug-likeness (QED) is 0.0766. The van der Waals surface area contributed by atoms with Gasteiger partial charge in [0.2, 0.25) is 7.49 Å². The van der Waals surface area contributed by atoms with Crippen LogP contribution in [0.25, 0.3) is 22.4 Å². The summed E-state index contributed by atoms with van der Waals surface area (Å²) in [5.74, 6) is 0. The molecule has 0 saturated heterocycles. The topological polar surface area (TPSA) is 20.2 Å². The third-order valence-corrected chi connectivity index (χ3v) is 14.2. The molecule has 1 N–H and O–H groups in total. The minimum absolute atomic E-state index is 0.604. The van der Waals surface area contributed by atoms with E-state index >= 15 is 0 Å². The Bertz CT molecular complexity index is 2210. The first-order chi connectivity index (χ1) is 24.8. The Hall–Kier alpha value is -4.90. The van der Waals surface area contributed by atoms with E-state index in [1.807, 2.05) is 48.6 Å². The molecule has 0 bridgehead atoms. The first kappa shape index (κ1) is 35.9. The SMILES string of the molecule is C=CC/C=C\C=C(/C)C(P)(/C(C)=C(/c1ccccc1C=C)c1c([P+](O)(c2ccccc2)c2ccccc2)ccc2ccccc12)c1ccccc1. The van der Waals surface area contributed by atoms with Gasteiger partial charge in [-0.25, -0.2) is 4.89 Å².